The van der Waals surface area contributed by atoms with E-state index in [0.29, 0.717) is 24.4 Å². The van der Waals surface area contributed by atoms with Gasteiger partial charge in [0.25, 0.3) is 0 Å². The average molecular weight is 267 g/mol. The molecule has 0 bridgehead atoms. The smallest absolute Gasteiger partial charge is 0.236 e. The highest BCUT2D eigenvalue weighted by Crippen LogP contribution is 2.17. The topological polar surface area (TPSA) is 35.6 Å². The Morgan fingerprint density at radius 3 is 2.89 bits per heavy atom. The number of nitrogens with zero attached hydrogens (tertiary/aromatic N) is 2. The first-order valence-corrected chi connectivity index (χ1v) is 7.85. The van der Waals surface area contributed by atoms with Gasteiger partial charge in [-0.3, -0.25) is 9.69 Å². The number of rotatable bonds is 3. The third-order valence-electron chi connectivity index (χ3n) is 4.56. The highest BCUT2D eigenvalue weighted by Gasteiger charge is 2.24. The maximum absolute atomic E-state index is 12.4. The second kappa shape index (κ2) is 7.25. The van der Waals surface area contributed by atoms with Crippen LogP contribution in [-0.2, 0) is 4.79 Å². The van der Waals surface area contributed by atoms with Gasteiger partial charge in [0.2, 0.25) is 5.91 Å². The Morgan fingerprint density at radius 1 is 1.26 bits per heavy atom. The molecule has 1 N–H and O–H groups in total. The molecule has 0 aromatic rings. The molecule has 19 heavy (non-hydrogen) atoms. The van der Waals surface area contributed by atoms with Crippen LogP contribution < -0.4 is 5.32 Å². The van der Waals surface area contributed by atoms with E-state index in [1.807, 2.05) is 0 Å². The van der Waals surface area contributed by atoms with Gasteiger partial charge in [-0.1, -0.05) is 6.92 Å². The minimum absolute atomic E-state index is 0.325. The van der Waals surface area contributed by atoms with Crippen molar-refractivity contribution in [2.75, 3.05) is 39.8 Å². The van der Waals surface area contributed by atoms with Crippen LogP contribution in [0.15, 0.2) is 0 Å². The number of amides is 1. The summed E-state index contributed by atoms with van der Waals surface area (Å²) in [5.41, 5.74) is 0. The van der Waals surface area contributed by atoms with Crippen LogP contribution in [-0.4, -0.2) is 61.5 Å². The Kier molecular flexibility index (Phi) is 5.64. The maximum atomic E-state index is 12.4. The van der Waals surface area contributed by atoms with E-state index in [0.717, 1.165) is 26.2 Å². The third-order valence-corrected chi connectivity index (χ3v) is 4.56. The largest absolute Gasteiger partial charge is 0.341 e. The Balaban J connectivity index is 1.80. The highest BCUT2D eigenvalue weighted by molar-refractivity contribution is 5.78. The molecule has 2 rings (SSSR count). The van der Waals surface area contributed by atoms with E-state index in [9.17, 15) is 4.79 Å². The number of piperidine rings is 1. The Hall–Kier alpha value is -0.610. The average Bonchev–Trinajstić information content (AvgIpc) is 2.67. The van der Waals surface area contributed by atoms with Crippen LogP contribution in [0.2, 0.25) is 0 Å². The molecule has 2 heterocycles. The lowest BCUT2D eigenvalue weighted by Gasteiger charge is -2.34. The number of likely N-dealkylation sites (N-methyl/N-ethyl adjacent to an activating group) is 1. The summed E-state index contributed by atoms with van der Waals surface area (Å²) in [4.78, 5) is 16.7. The normalized spacial score (nSPS) is 29.3. The molecule has 4 nitrogen and oxygen atoms in total. The van der Waals surface area contributed by atoms with E-state index in [1.54, 1.807) is 0 Å². The minimum Gasteiger partial charge on any atom is -0.341 e. The van der Waals surface area contributed by atoms with Crippen LogP contribution in [0, 0.1) is 5.92 Å². The Morgan fingerprint density at radius 2 is 2.11 bits per heavy atom. The summed E-state index contributed by atoms with van der Waals surface area (Å²) in [6.07, 6.45) is 6.05. The number of nitrogens with one attached hydrogen (secondary N) is 1. The zero-order chi connectivity index (χ0) is 13.7. The Bertz CT molecular complexity index is 287. The fourth-order valence-electron chi connectivity index (χ4n) is 3.30. The van der Waals surface area contributed by atoms with Gasteiger partial charge in [0.05, 0.1) is 6.54 Å². The Labute approximate surface area is 117 Å². The van der Waals surface area contributed by atoms with Gasteiger partial charge in [-0.25, -0.2) is 0 Å². The van der Waals surface area contributed by atoms with Crippen molar-refractivity contribution in [3.05, 3.63) is 0 Å². The van der Waals surface area contributed by atoms with Gasteiger partial charge in [-0.2, -0.15) is 0 Å². The summed E-state index contributed by atoms with van der Waals surface area (Å²) >= 11 is 0. The minimum atomic E-state index is 0.325. The van der Waals surface area contributed by atoms with Gasteiger partial charge in [-0.15, -0.1) is 0 Å². The summed E-state index contributed by atoms with van der Waals surface area (Å²) in [5, 5.41) is 3.43. The molecule has 0 aliphatic carbocycles. The van der Waals surface area contributed by atoms with Crippen molar-refractivity contribution in [2.45, 2.75) is 45.1 Å². The summed E-state index contributed by atoms with van der Waals surface area (Å²) in [5.74, 6) is 0.997. The second-order valence-corrected chi connectivity index (χ2v) is 6.34. The van der Waals surface area contributed by atoms with Gasteiger partial charge in [0.1, 0.15) is 0 Å². The van der Waals surface area contributed by atoms with Gasteiger partial charge in [0, 0.05) is 19.1 Å². The van der Waals surface area contributed by atoms with Gasteiger partial charge in [0.15, 0.2) is 0 Å². The highest BCUT2D eigenvalue weighted by atomic mass is 16.2. The summed E-state index contributed by atoms with van der Waals surface area (Å²) < 4.78 is 0. The second-order valence-electron chi connectivity index (χ2n) is 6.34. The molecular formula is C15H29N3O. The fraction of sp³-hybridized carbons (Fsp3) is 0.933. The molecule has 1 amide bonds. The third kappa shape index (κ3) is 4.46. The molecule has 110 valence electrons. The van der Waals surface area contributed by atoms with Gasteiger partial charge in [-0.05, 0) is 58.2 Å². The predicted molar refractivity (Wildman–Crippen MR) is 78.1 cm³/mol. The van der Waals surface area contributed by atoms with E-state index in [-0.39, 0.29) is 0 Å². The van der Waals surface area contributed by atoms with Crippen LogP contribution in [0.4, 0.5) is 0 Å². The molecule has 2 atom stereocenters. The number of likely N-dealkylation sites (tertiary alicyclic amines) is 1. The first kappa shape index (κ1) is 14.8. The van der Waals surface area contributed by atoms with E-state index in [2.05, 4.69) is 29.1 Å². The van der Waals surface area contributed by atoms with Crippen molar-refractivity contribution in [1.82, 2.24) is 15.1 Å². The number of hydrogen-bond acceptors (Lipinski definition) is 3. The fourth-order valence-corrected chi connectivity index (χ4v) is 3.30. The van der Waals surface area contributed by atoms with Crippen molar-refractivity contribution >= 4 is 5.91 Å². The molecule has 4 heteroatoms. The van der Waals surface area contributed by atoms with Crippen molar-refractivity contribution in [1.29, 1.82) is 0 Å². The number of hydrogen-bond donors (Lipinski definition) is 1. The molecule has 2 aliphatic heterocycles. The van der Waals surface area contributed by atoms with Crippen LogP contribution in [0.25, 0.3) is 0 Å². The van der Waals surface area contributed by atoms with E-state index in [4.69, 9.17) is 0 Å². The monoisotopic (exact) mass is 267 g/mol. The van der Waals surface area contributed by atoms with E-state index >= 15 is 0 Å². The van der Waals surface area contributed by atoms with Gasteiger partial charge >= 0.3 is 0 Å². The molecular weight excluding hydrogens is 238 g/mol. The molecule has 0 aromatic carbocycles. The standard InChI is InChI=1S/C15H29N3O/c1-13-5-4-10-18(11-13)15(19)12-17(2)14-6-3-8-16-9-7-14/h13-14,16H,3-12H2,1-2H3. The van der Waals surface area contributed by atoms with E-state index in [1.165, 1.54) is 32.1 Å². The molecule has 2 fully saturated rings. The van der Waals surface area contributed by atoms with Crippen molar-refractivity contribution < 1.29 is 4.79 Å². The molecule has 0 saturated carbocycles. The predicted octanol–water partition coefficient (Wildman–Crippen LogP) is 1.32. The van der Waals surface area contributed by atoms with Crippen molar-refractivity contribution in [3.8, 4) is 0 Å². The van der Waals surface area contributed by atoms with Gasteiger partial charge < -0.3 is 10.2 Å². The molecule has 0 aromatic heterocycles. The van der Waals surface area contributed by atoms with Crippen LogP contribution in [0.5, 0.6) is 0 Å². The summed E-state index contributed by atoms with van der Waals surface area (Å²) in [7, 11) is 2.11. The quantitative estimate of drug-likeness (QED) is 0.838. The lowest BCUT2D eigenvalue weighted by molar-refractivity contribution is -0.134. The summed E-state index contributed by atoms with van der Waals surface area (Å²) in [6, 6.07) is 0.571. The first-order chi connectivity index (χ1) is 9.16. The summed E-state index contributed by atoms with van der Waals surface area (Å²) in [6.45, 7) is 6.98. The number of carbonyl (C=O) groups excluding carboxylic acids is 1. The van der Waals surface area contributed by atoms with Crippen molar-refractivity contribution in [2.24, 2.45) is 5.92 Å². The molecule has 0 spiro atoms. The van der Waals surface area contributed by atoms with Crippen LogP contribution in [0.1, 0.15) is 39.0 Å². The van der Waals surface area contributed by atoms with Crippen LogP contribution in [0.3, 0.4) is 0 Å². The maximum Gasteiger partial charge on any atom is 0.236 e. The molecule has 2 aliphatic rings. The molecule has 2 unspecified atom stereocenters. The van der Waals surface area contributed by atoms with Crippen molar-refractivity contribution in [3.63, 3.8) is 0 Å². The zero-order valence-electron chi connectivity index (χ0n) is 12.5. The lowest BCUT2D eigenvalue weighted by atomic mass is 10.0. The lowest BCUT2D eigenvalue weighted by Crippen LogP contribution is -2.46. The van der Waals surface area contributed by atoms with Crippen LogP contribution >= 0.6 is 0 Å². The van der Waals surface area contributed by atoms with E-state index < -0.39 is 0 Å². The SMILES string of the molecule is CC1CCCN(C(=O)CN(C)C2CCCNCC2)C1. The number of carbonyl (C=O) groups is 1. The zero-order valence-corrected chi connectivity index (χ0v) is 12.5. The molecule has 0 radical (unpaired) electrons. The molecule has 2 saturated heterocycles. The first-order valence-electron chi connectivity index (χ1n) is 7.85.